The van der Waals surface area contributed by atoms with E-state index in [1.165, 1.54) is 0 Å². The van der Waals surface area contributed by atoms with Crippen molar-refractivity contribution in [2.24, 2.45) is 0 Å². The molecule has 0 bridgehead atoms. The maximum absolute atomic E-state index is 8.48. The monoisotopic (exact) mass is 229 g/mol. The number of aliphatic hydroxyl groups is 3. The average molecular weight is 230 g/mol. The predicted octanol–water partition coefficient (Wildman–Crippen LogP) is -1.91. The van der Waals surface area contributed by atoms with E-state index in [2.05, 4.69) is 0 Å². The first-order valence-corrected chi connectivity index (χ1v) is 3.40. The van der Waals surface area contributed by atoms with E-state index in [4.69, 9.17) is 15.3 Å². The van der Waals surface area contributed by atoms with Crippen LogP contribution in [0.2, 0.25) is 0 Å². The Morgan fingerprint density at radius 1 is 0.750 bits per heavy atom. The quantitative estimate of drug-likeness (QED) is 0.462. The van der Waals surface area contributed by atoms with Gasteiger partial charge < -0.3 is 20.8 Å². The van der Waals surface area contributed by atoms with Crippen molar-refractivity contribution in [3.05, 3.63) is 0 Å². The predicted molar refractivity (Wildman–Crippen MR) is 39.6 cm³/mol. The van der Waals surface area contributed by atoms with Crippen molar-refractivity contribution in [2.75, 3.05) is 39.5 Å². The van der Waals surface area contributed by atoms with E-state index in [1.54, 1.807) is 4.90 Å². The number of hydrogen-bond donors (Lipinski definition) is 3. The summed E-state index contributed by atoms with van der Waals surface area (Å²) in [5.41, 5.74) is 0. The Kier molecular flexibility index (Phi) is 21.0. The van der Waals surface area contributed by atoms with Gasteiger partial charge in [0.2, 0.25) is 0 Å². The summed E-state index contributed by atoms with van der Waals surface area (Å²) < 4.78 is 0. The summed E-state index contributed by atoms with van der Waals surface area (Å²) in [6.07, 6.45) is 0. The standard InChI is InChI=1S/C6H15NO3.Cu.H2O/c8-4-1-7(2-5-9)3-6-10;;/h8-10H,1-6H2;;1H2/q;+1;/p-1. The fraction of sp³-hybridized carbons (Fsp3) is 1.00. The number of nitrogens with zero attached hydrogens (tertiary/aromatic N) is 1. The van der Waals surface area contributed by atoms with Gasteiger partial charge in [-0.05, 0) is 0 Å². The molecular formula is C6H16CuNO4. The molecule has 0 aromatic rings. The first-order valence-electron chi connectivity index (χ1n) is 3.40. The van der Waals surface area contributed by atoms with E-state index in [0.717, 1.165) is 0 Å². The van der Waals surface area contributed by atoms with Gasteiger partial charge in [0.25, 0.3) is 0 Å². The Hall–Kier alpha value is 0.319. The molecule has 0 spiro atoms. The van der Waals surface area contributed by atoms with E-state index >= 15 is 0 Å². The topological polar surface area (TPSA) is 93.9 Å². The van der Waals surface area contributed by atoms with Crippen molar-refractivity contribution >= 4 is 0 Å². The Labute approximate surface area is 82.8 Å². The molecular weight excluding hydrogens is 214 g/mol. The SMILES string of the molecule is OCCN(CCO)CCO.[Cu+].[OH-]. The average Bonchev–Trinajstić information content (AvgIpc) is 1.90. The molecule has 0 heterocycles. The summed E-state index contributed by atoms with van der Waals surface area (Å²) in [5.74, 6) is 0. The van der Waals surface area contributed by atoms with Crippen LogP contribution in [-0.4, -0.2) is 65.2 Å². The van der Waals surface area contributed by atoms with Crippen LogP contribution in [0.4, 0.5) is 0 Å². The van der Waals surface area contributed by atoms with Crippen LogP contribution < -0.4 is 0 Å². The molecule has 0 radical (unpaired) electrons. The first-order chi connectivity index (χ1) is 4.85. The summed E-state index contributed by atoms with van der Waals surface area (Å²) in [5, 5.41) is 25.5. The van der Waals surface area contributed by atoms with Gasteiger partial charge in [-0.2, -0.15) is 0 Å². The fourth-order valence-electron chi connectivity index (χ4n) is 0.760. The maximum Gasteiger partial charge on any atom is 1.00 e. The van der Waals surface area contributed by atoms with Crippen molar-refractivity contribution in [3.8, 4) is 0 Å². The summed E-state index contributed by atoms with van der Waals surface area (Å²) in [4.78, 5) is 1.79. The van der Waals surface area contributed by atoms with Crippen LogP contribution in [0.25, 0.3) is 0 Å². The zero-order valence-corrected chi connectivity index (χ0v) is 7.72. The van der Waals surface area contributed by atoms with E-state index in [0.29, 0.717) is 19.6 Å². The van der Waals surface area contributed by atoms with Crippen molar-refractivity contribution in [3.63, 3.8) is 0 Å². The van der Waals surface area contributed by atoms with Crippen LogP contribution in [0.15, 0.2) is 0 Å². The van der Waals surface area contributed by atoms with Gasteiger partial charge in [0, 0.05) is 19.6 Å². The molecule has 0 saturated heterocycles. The third-order valence-electron chi connectivity index (χ3n) is 1.25. The Morgan fingerprint density at radius 2 is 1.00 bits per heavy atom. The maximum atomic E-state index is 8.48. The van der Waals surface area contributed by atoms with Gasteiger partial charge in [-0.15, -0.1) is 0 Å². The zero-order chi connectivity index (χ0) is 7.82. The Morgan fingerprint density at radius 3 is 1.17 bits per heavy atom. The van der Waals surface area contributed by atoms with Gasteiger partial charge in [-0.3, -0.25) is 4.90 Å². The molecule has 80 valence electrons. The summed E-state index contributed by atoms with van der Waals surface area (Å²) >= 11 is 0. The van der Waals surface area contributed by atoms with Gasteiger partial charge >= 0.3 is 17.1 Å². The van der Waals surface area contributed by atoms with Crippen LogP contribution in [0.3, 0.4) is 0 Å². The molecule has 0 saturated carbocycles. The molecule has 6 heteroatoms. The number of aliphatic hydroxyl groups excluding tert-OH is 3. The minimum atomic E-state index is 0. The van der Waals surface area contributed by atoms with Crippen LogP contribution in [0.5, 0.6) is 0 Å². The number of rotatable bonds is 6. The third-order valence-corrected chi connectivity index (χ3v) is 1.25. The molecule has 0 aliphatic carbocycles. The van der Waals surface area contributed by atoms with Crippen molar-refractivity contribution in [2.45, 2.75) is 0 Å². The largest absolute Gasteiger partial charge is 1.00 e. The molecule has 0 atom stereocenters. The van der Waals surface area contributed by atoms with E-state index in [9.17, 15) is 0 Å². The molecule has 4 N–H and O–H groups in total. The normalized spacial score (nSPS) is 9.00. The van der Waals surface area contributed by atoms with Crippen LogP contribution in [0.1, 0.15) is 0 Å². The molecule has 0 aromatic heterocycles. The molecule has 0 unspecified atom stereocenters. The second-order valence-electron chi connectivity index (χ2n) is 2.01. The molecule has 0 amide bonds. The van der Waals surface area contributed by atoms with Gasteiger partial charge in [-0.1, -0.05) is 0 Å². The molecule has 0 rings (SSSR count). The third kappa shape index (κ3) is 10.3. The number of hydrogen-bond acceptors (Lipinski definition) is 5. The molecule has 0 aromatic carbocycles. The molecule has 0 aliphatic rings. The van der Waals surface area contributed by atoms with E-state index < -0.39 is 0 Å². The second-order valence-corrected chi connectivity index (χ2v) is 2.01. The summed E-state index contributed by atoms with van der Waals surface area (Å²) in [6.45, 7) is 1.75. The van der Waals surface area contributed by atoms with Crippen molar-refractivity contribution in [1.82, 2.24) is 4.90 Å². The fourth-order valence-corrected chi connectivity index (χ4v) is 0.760. The summed E-state index contributed by atoms with van der Waals surface area (Å²) in [6, 6.07) is 0. The second kappa shape index (κ2) is 13.9. The van der Waals surface area contributed by atoms with E-state index in [-0.39, 0.29) is 42.4 Å². The molecule has 12 heavy (non-hydrogen) atoms. The zero-order valence-electron chi connectivity index (χ0n) is 6.78. The van der Waals surface area contributed by atoms with Gasteiger partial charge in [0.15, 0.2) is 0 Å². The minimum absolute atomic E-state index is 0. The van der Waals surface area contributed by atoms with Gasteiger partial charge in [0.1, 0.15) is 0 Å². The summed E-state index contributed by atoms with van der Waals surface area (Å²) in [7, 11) is 0. The van der Waals surface area contributed by atoms with Crippen molar-refractivity contribution in [1.29, 1.82) is 0 Å². The van der Waals surface area contributed by atoms with E-state index in [1.807, 2.05) is 0 Å². The smallest absolute Gasteiger partial charge is 0.870 e. The first kappa shape index (κ1) is 18.2. The molecule has 5 nitrogen and oxygen atoms in total. The molecule has 0 aliphatic heterocycles. The minimum Gasteiger partial charge on any atom is -0.870 e. The Balaban J connectivity index is -0.000000405. The molecule has 0 fully saturated rings. The van der Waals surface area contributed by atoms with Crippen LogP contribution in [0, 0.1) is 0 Å². The van der Waals surface area contributed by atoms with Crippen molar-refractivity contribution < 1.29 is 37.9 Å². The Bertz CT molecular complexity index is 62.3. The van der Waals surface area contributed by atoms with Crippen LogP contribution >= 0.6 is 0 Å². The van der Waals surface area contributed by atoms with Crippen LogP contribution in [-0.2, 0) is 17.1 Å². The van der Waals surface area contributed by atoms with Gasteiger partial charge in [0.05, 0.1) is 19.8 Å². The van der Waals surface area contributed by atoms with Gasteiger partial charge in [-0.25, -0.2) is 0 Å².